The monoisotopic (exact) mass is 378 g/mol. The molecule has 6 nitrogen and oxygen atoms in total. The van der Waals surface area contributed by atoms with Crippen molar-refractivity contribution in [3.63, 3.8) is 0 Å². The van der Waals surface area contributed by atoms with Crippen LogP contribution in [0.4, 0.5) is 5.95 Å². The molecular formula is C20H18N4O2S. The van der Waals surface area contributed by atoms with Crippen LogP contribution in [-0.2, 0) is 0 Å². The van der Waals surface area contributed by atoms with Gasteiger partial charge in [0.1, 0.15) is 0 Å². The van der Waals surface area contributed by atoms with Gasteiger partial charge in [0.25, 0.3) is 0 Å². The quantitative estimate of drug-likeness (QED) is 0.691. The number of nitrogens with zero attached hydrogens (tertiary/aromatic N) is 4. The number of fused-ring (bicyclic) bond motifs is 1. The Morgan fingerprint density at radius 3 is 2.70 bits per heavy atom. The predicted molar refractivity (Wildman–Crippen MR) is 106 cm³/mol. The van der Waals surface area contributed by atoms with Crippen LogP contribution in [0.25, 0.3) is 22.4 Å². The number of benzene rings is 1. The van der Waals surface area contributed by atoms with Crippen LogP contribution >= 0.6 is 11.8 Å². The second-order valence-corrected chi connectivity index (χ2v) is 7.57. The molecule has 0 unspecified atom stereocenters. The molecule has 2 aliphatic heterocycles. The van der Waals surface area contributed by atoms with E-state index >= 15 is 0 Å². The van der Waals surface area contributed by atoms with E-state index in [0.29, 0.717) is 0 Å². The van der Waals surface area contributed by atoms with Gasteiger partial charge in [0.2, 0.25) is 12.7 Å². The molecule has 4 heterocycles. The van der Waals surface area contributed by atoms with E-state index in [1.807, 2.05) is 54.5 Å². The molecule has 3 aromatic rings. The van der Waals surface area contributed by atoms with Crippen molar-refractivity contribution < 1.29 is 9.47 Å². The molecule has 5 rings (SSSR count). The minimum Gasteiger partial charge on any atom is -0.454 e. The van der Waals surface area contributed by atoms with E-state index in [0.717, 1.165) is 64.4 Å². The topological polar surface area (TPSA) is 60.4 Å². The van der Waals surface area contributed by atoms with Gasteiger partial charge in [-0.3, -0.25) is 4.98 Å². The van der Waals surface area contributed by atoms with Gasteiger partial charge in [-0.1, -0.05) is 6.07 Å². The molecule has 136 valence electrons. The van der Waals surface area contributed by atoms with E-state index in [1.54, 1.807) is 6.20 Å². The van der Waals surface area contributed by atoms with E-state index in [9.17, 15) is 0 Å². The molecule has 0 N–H and O–H groups in total. The normalized spacial score (nSPS) is 15.8. The van der Waals surface area contributed by atoms with E-state index in [2.05, 4.69) is 14.9 Å². The Hall–Kier alpha value is -2.80. The SMILES string of the molecule is c1cncc(-c2nc(N3CCSCC3)ncc2-c2ccc3c(c2)OCO3)c1. The minimum atomic E-state index is 0.261. The molecule has 0 saturated carbocycles. The zero-order valence-electron chi connectivity index (χ0n) is 14.7. The average molecular weight is 378 g/mol. The smallest absolute Gasteiger partial charge is 0.231 e. The van der Waals surface area contributed by atoms with Gasteiger partial charge >= 0.3 is 0 Å². The molecule has 1 aromatic carbocycles. The average Bonchev–Trinajstić information content (AvgIpc) is 3.22. The molecule has 2 aromatic heterocycles. The summed E-state index contributed by atoms with van der Waals surface area (Å²) in [6.45, 7) is 2.21. The third-order valence-electron chi connectivity index (χ3n) is 4.69. The van der Waals surface area contributed by atoms with E-state index in [1.165, 1.54) is 0 Å². The van der Waals surface area contributed by atoms with Crippen LogP contribution < -0.4 is 14.4 Å². The van der Waals surface area contributed by atoms with Crippen molar-refractivity contribution in [2.75, 3.05) is 36.3 Å². The van der Waals surface area contributed by atoms with Gasteiger partial charge in [0.15, 0.2) is 11.5 Å². The van der Waals surface area contributed by atoms with Gasteiger partial charge in [-0.2, -0.15) is 11.8 Å². The number of pyridine rings is 1. The maximum Gasteiger partial charge on any atom is 0.231 e. The highest BCUT2D eigenvalue weighted by molar-refractivity contribution is 7.99. The lowest BCUT2D eigenvalue weighted by atomic mass is 10.0. The van der Waals surface area contributed by atoms with Crippen molar-refractivity contribution in [3.8, 4) is 33.9 Å². The number of aromatic nitrogens is 3. The van der Waals surface area contributed by atoms with Gasteiger partial charge < -0.3 is 14.4 Å². The maximum absolute atomic E-state index is 5.54. The number of ether oxygens (including phenoxy) is 2. The predicted octanol–water partition coefficient (Wildman–Crippen LogP) is 3.49. The summed E-state index contributed by atoms with van der Waals surface area (Å²) in [6.07, 6.45) is 5.52. The standard InChI is InChI=1S/C20H18N4O2S/c1-2-15(11-21-5-1)19-16(14-3-4-17-18(10-14)26-13-25-17)12-22-20(23-19)24-6-8-27-9-7-24/h1-5,10-12H,6-9,13H2. The van der Waals surface area contributed by atoms with Gasteiger partial charge in [-0.15, -0.1) is 0 Å². The Morgan fingerprint density at radius 2 is 1.85 bits per heavy atom. The van der Waals surface area contributed by atoms with Gasteiger partial charge in [0.05, 0.1) is 5.69 Å². The van der Waals surface area contributed by atoms with Crippen molar-refractivity contribution in [2.24, 2.45) is 0 Å². The Balaban J connectivity index is 1.61. The summed E-state index contributed by atoms with van der Waals surface area (Å²) in [4.78, 5) is 16.1. The molecule has 27 heavy (non-hydrogen) atoms. The number of anilines is 1. The minimum absolute atomic E-state index is 0.261. The molecule has 0 aliphatic carbocycles. The molecule has 0 bridgehead atoms. The van der Waals surface area contributed by atoms with Crippen LogP contribution in [0.3, 0.4) is 0 Å². The second-order valence-electron chi connectivity index (χ2n) is 6.34. The molecule has 0 amide bonds. The highest BCUT2D eigenvalue weighted by Gasteiger charge is 2.20. The summed E-state index contributed by atoms with van der Waals surface area (Å²) in [7, 11) is 0. The molecule has 1 fully saturated rings. The third-order valence-corrected chi connectivity index (χ3v) is 5.63. The lowest BCUT2D eigenvalue weighted by Crippen LogP contribution is -2.33. The molecule has 7 heteroatoms. The first-order valence-electron chi connectivity index (χ1n) is 8.89. The fourth-order valence-corrected chi connectivity index (χ4v) is 4.19. The van der Waals surface area contributed by atoms with Crippen molar-refractivity contribution in [1.82, 2.24) is 15.0 Å². The Kier molecular flexibility index (Phi) is 4.29. The maximum atomic E-state index is 5.54. The van der Waals surface area contributed by atoms with Gasteiger partial charge in [-0.05, 0) is 29.8 Å². The fourth-order valence-electron chi connectivity index (χ4n) is 3.29. The summed E-state index contributed by atoms with van der Waals surface area (Å²) in [5.41, 5.74) is 3.81. The van der Waals surface area contributed by atoms with Crippen molar-refractivity contribution >= 4 is 17.7 Å². The van der Waals surface area contributed by atoms with E-state index in [4.69, 9.17) is 14.5 Å². The summed E-state index contributed by atoms with van der Waals surface area (Å²) >= 11 is 1.97. The lowest BCUT2D eigenvalue weighted by Gasteiger charge is -2.27. The van der Waals surface area contributed by atoms with Crippen LogP contribution in [0.1, 0.15) is 0 Å². The Labute approximate surface area is 161 Å². The molecule has 0 radical (unpaired) electrons. The number of hydrogen-bond acceptors (Lipinski definition) is 7. The number of rotatable bonds is 3. The van der Waals surface area contributed by atoms with Crippen LogP contribution in [0.5, 0.6) is 11.5 Å². The zero-order valence-corrected chi connectivity index (χ0v) is 15.5. The first-order valence-corrected chi connectivity index (χ1v) is 10.0. The van der Waals surface area contributed by atoms with Crippen molar-refractivity contribution in [2.45, 2.75) is 0 Å². The number of thioether (sulfide) groups is 1. The first-order chi connectivity index (χ1) is 13.4. The highest BCUT2D eigenvalue weighted by atomic mass is 32.2. The van der Waals surface area contributed by atoms with Crippen molar-refractivity contribution in [3.05, 3.63) is 48.9 Å². The van der Waals surface area contributed by atoms with E-state index < -0.39 is 0 Å². The largest absolute Gasteiger partial charge is 0.454 e. The molecule has 2 aliphatic rings. The summed E-state index contributed by atoms with van der Waals surface area (Å²) in [5.74, 6) is 4.51. The van der Waals surface area contributed by atoms with Crippen LogP contribution in [0.2, 0.25) is 0 Å². The van der Waals surface area contributed by atoms with Crippen LogP contribution in [-0.4, -0.2) is 46.3 Å². The van der Waals surface area contributed by atoms with Gasteiger partial charge in [-0.25, -0.2) is 9.97 Å². The summed E-state index contributed by atoms with van der Waals surface area (Å²) in [6, 6.07) is 9.89. The molecular weight excluding hydrogens is 360 g/mol. The Morgan fingerprint density at radius 1 is 0.963 bits per heavy atom. The second kappa shape index (κ2) is 7.08. The van der Waals surface area contributed by atoms with Crippen molar-refractivity contribution in [1.29, 1.82) is 0 Å². The summed E-state index contributed by atoms with van der Waals surface area (Å²) < 4.78 is 11.0. The Bertz CT molecular complexity index is 961. The summed E-state index contributed by atoms with van der Waals surface area (Å²) in [5, 5.41) is 0. The number of hydrogen-bond donors (Lipinski definition) is 0. The fraction of sp³-hybridized carbons (Fsp3) is 0.250. The van der Waals surface area contributed by atoms with Crippen LogP contribution in [0, 0.1) is 0 Å². The van der Waals surface area contributed by atoms with E-state index in [-0.39, 0.29) is 6.79 Å². The molecule has 0 atom stereocenters. The molecule has 0 spiro atoms. The zero-order chi connectivity index (χ0) is 18.1. The highest BCUT2D eigenvalue weighted by Crippen LogP contribution is 2.38. The third kappa shape index (κ3) is 3.19. The van der Waals surface area contributed by atoms with Gasteiger partial charge in [0, 0.05) is 54.3 Å². The molecule has 1 saturated heterocycles. The first kappa shape index (κ1) is 16.4. The lowest BCUT2D eigenvalue weighted by molar-refractivity contribution is 0.174. The van der Waals surface area contributed by atoms with Crippen LogP contribution in [0.15, 0.2) is 48.9 Å².